The summed E-state index contributed by atoms with van der Waals surface area (Å²) in [7, 11) is 0. The number of carbonyl (C=O) groups excluding carboxylic acids is 1. The fourth-order valence-corrected chi connectivity index (χ4v) is 2.37. The number of nitrogens with zero attached hydrogens (tertiary/aromatic N) is 1. The van der Waals surface area contributed by atoms with Crippen molar-refractivity contribution in [1.29, 1.82) is 0 Å². The van der Waals surface area contributed by atoms with Crippen LogP contribution < -0.4 is 5.73 Å². The van der Waals surface area contributed by atoms with Crippen molar-refractivity contribution in [2.24, 2.45) is 0 Å². The molecule has 1 heterocycles. The summed E-state index contributed by atoms with van der Waals surface area (Å²) in [5.74, 6) is 0.139. The second-order valence-corrected chi connectivity index (χ2v) is 4.91. The summed E-state index contributed by atoms with van der Waals surface area (Å²) in [5, 5.41) is 0. The molecule has 92 valence electrons. The van der Waals surface area contributed by atoms with Crippen molar-refractivity contribution in [2.45, 2.75) is 39.2 Å². The van der Waals surface area contributed by atoms with E-state index in [1.165, 1.54) is 6.42 Å². The van der Waals surface area contributed by atoms with E-state index in [-0.39, 0.29) is 5.91 Å². The molecule has 0 saturated carbocycles. The maximum absolute atomic E-state index is 12.4. The van der Waals surface area contributed by atoms with Crippen LogP contribution in [0.5, 0.6) is 0 Å². The van der Waals surface area contributed by atoms with Crippen LogP contribution >= 0.6 is 0 Å². The highest BCUT2D eigenvalue weighted by Crippen LogP contribution is 2.20. The van der Waals surface area contributed by atoms with E-state index in [1.807, 2.05) is 30.0 Å². The Kier molecular flexibility index (Phi) is 3.36. The van der Waals surface area contributed by atoms with Gasteiger partial charge in [-0.25, -0.2) is 0 Å². The van der Waals surface area contributed by atoms with E-state index in [1.54, 1.807) is 0 Å². The Morgan fingerprint density at radius 1 is 1.41 bits per heavy atom. The molecule has 17 heavy (non-hydrogen) atoms. The van der Waals surface area contributed by atoms with Crippen LogP contribution in [-0.4, -0.2) is 23.4 Å². The summed E-state index contributed by atoms with van der Waals surface area (Å²) < 4.78 is 0. The second-order valence-electron chi connectivity index (χ2n) is 4.91. The van der Waals surface area contributed by atoms with Gasteiger partial charge in [-0.3, -0.25) is 4.79 Å². The number of nitrogen functional groups attached to an aromatic ring is 1. The summed E-state index contributed by atoms with van der Waals surface area (Å²) >= 11 is 0. The molecule has 3 nitrogen and oxygen atoms in total. The van der Waals surface area contributed by atoms with Crippen LogP contribution in [-0.2, 0) is 0 Å². The predicted molar refractivity (Wildman–Crippen MR) is 69.9 cm³/mol. The van der Waals surface area contributed by atoms with Gasteiger partial charge in [0.2, 0.25) is 0 Å². The molecule has 0 aliphatic carbocycles. The van der Waals surface area contributed by atoms with Gasteiger partial charge in [-0.05, 0) is 56.9 Å². The zero-order chi connectivity index (χ0) is 12.4. The van der Waals surface area contributed by atoms with Gasteiger partial charge in [0, 0.05) is 23.8 Å². The van der Waals surface area contributed by atoms with Gasteiger partial charge in [-0.1, -0.05) is 0 Å². The number of piperidine rings is 1. The summed E-state index contributed by atoms with van der Waals surface area (Å²) in [6.07, 6.45) is 3.45. The first-order chi connectivity index (χ1) is 8.09. The van der Waals surface area contributed by atoms with Crippen molar-refractivity contribution in [3.05, 3.63) is 29.3 Å². The number of rotatable bonds is 1. The lowest BCUT2D eigenvalue weighted by Gasteiger charge is -2.33. The van der Waals surface area contributed by atoms with Crippen molar-refractivity contribution >= 4 is 11.6 Å². The molecule has 1 aliphatic heterocycles. The average Bonchev–Trinajstić information content (AvgIpc) is 2.32. The zero-order valence-corrected chi connectivity index (χ0v) is 10.6. The fourth-order valence-electron chi connectivity index (χ4n) is 2.37. The standard InChI is InChI=1S/C14H20N2O/c1-10-9-12(6-7-13(10)15)14(17)16-8-4-3-5-11(16)2/h6-7,9,11H,3-5,8,15H2,1-2H3/t11-/m0/s1. The number of hydrogen-bond donors (Lipinski definition) is 1. The molecule has 0 spiro atoms. The van der Waals surface area contributed by atoms with E-state index in [0.717, 1.165) is 36.2 Å². The Hall–Kier alpha value is -1.51. The van der Waals surface area contributed by atoms with Crippen molar-refractivity contribution in [3.8, 4) is 0 Å². The molecule has 0 radical (unpaired) electrons. The summed E-state index contributed by atoms with van der Waals surface area (Å²) in [5.41, 5.74) is 8.24. The van der Waals surface area contributed by atoms with E-state index < -0.39 is 0 Å². The highest BCUT2D eigenvalue weighted by Gasteiger charge is 2.24. The Bertz CT molecular complexity index is 428. The first kappa shape index (κ1) is 12.0. The molecule has 1 fully saturated rings. The Morgan fingerprint density at radius 2 is 2.18 bits per heavy atom. The number of likely N-dealkylation sites (tertiary alicyclic amines) is 1. The summed E-state index contributed by atoms with van der Waals surface area (Å²) in [4.78, 5) is 14.3. The monoisotopic (exact) mass is 232 g/mol. The van der Waals surface area contributed by atoms with Gasteiger partial charge < -0.3 is 10.6 Å². The largest absolute Gasteiger partial charge is 0.399 e. The van der Waals surface area contributed by atoms with Gasteiger partial charge >= 0.3 is 0 Å². The smallest absolute Gasteiger partial charge is 0.254 e. The zero-order valence-electron chi connectivity index (χ0n) is 10.6. The maximum Gasteiger partial charge on any atom is 0.254 e. The lowest BCUT2D eigenvalue weighted by molar-refractivity contribution is 0.0635. The van der Waals surface area contributed by atoms with Crippen molar-refractivity contribution in [2.75, 3.05) is 12.3 Å². The molecule has 1 aromatic rings. The van der Waals surface area contributed by atoms with Crippen molar-refractivity contribution < 1.29 is 4.79 Å². The fraction of sp³-hybridized carbons (Fsp3) is 0.500. The lowest BCUT2D eigenvalue weighted by atomic mass is 10.0. The van der Waals surface area contributed by atoms with Gasteiger partial charge in [-0.2, -0.15) is 0 Å². The van der Waals surface area contributed by atoms with E-state index in [9.17, 15) is 4.79 Å². The quantitative estimate of drug-likeness (QED) is 0.756. The highest BCUT2D eigenvalue weighted by atomic mass is 16.2. The summed E-state index contributed by atoms with van der Waals surface area (Å²) in [6, 6.07) is 5.89. The van der Waals surface area contributed by atoms with Crippen LogP contribution in [0.15, 0.2) is 18.2 Å². The first-order valence-corrected chi connectivity index (χ1v) is 6.26. The molecule has 1 aliphatic rings. The molecule has 1 amide bonds. The van der Waals surface area contributed by atoms with Crippen molar-refractivity contribution in [1.82, 2.24) is 4.90 Å². The van der Waals surface area contributed by atoms with Crippen LogP contribution in [0.2, 0.25) is 0 Å². The van der Waals surface area contributed by atoms with Crippen LogP contribution in [0.3, 0.4) is 0 Å². The van der Waals surface area contributed by atoms with Gasteiger partial charge in [0.1, 0.15) is 0 Å². The lowest BCUT2D eigenvalue weighted by Crippen LogP contribution is -2.42. The Labute approximate surface area is 103 Å². The third-order valence-corrected chi connectivity index (χ3v) is 3.58. The number of hydrogen-bond acceptors (Lipinski definition) is 2. The van der Waals surface area contributed by atoms with Gasteiger partial charge in [0.15, 0.2) is 0 Å². The molecular formula is C14H20N2O. The summed E-state index contributed by atoms with van der Waals surface area (Å²) in [6.45, 7) is 4.94. The molecule has 3 heteroatoms. The van der Waals surface area contributed by atoms with Crippen LogP contribution in [0.1, 0.15) is 42.1 Å². The van der Waals surface area contributed by atoms with Gasteiger partial charge in [0.05, 0.1) is 0 Å². The predicted octanol–water partition coefficient (Wildman–Crippen LogP) is 2.59. The molecule has 0 bridgehead atoms. The topological polar surface area (TPSA) is 46.3 Å². The number of anilines is 1. The van der Waals surface area contributed by atoms with E-state index in [0.29, 0.717) is 6.04 Å². The third-order valence-electron chi connectivity index (χ3n) is 3.58. The Morgan fingerprint density at radius 3 is 2.82 bits per heavy atom. The molecular weight excluding hydrogens is 212 g/mol. The molecule has 1 atom stereocenters. The molecule has 1 aromatic carbocycles. The average molecular weight is 232 g/mol. The third kappa shape index (κ3) is 2.43. The van der Waals surface area contributed by atoms with Crippen molar-refractivity contribution in [3.63, 3.8) is 0 Å². The second kappa shape index (κ2) is 4.78. The molecule has 0 aromatic heterocycles. The molecule has 2 rings (SSSR count). The maximum atomic E-state index is 12.4. The minimum Gasteiger partial charge on any atom is -0.399 e. The number of aryl methyl sites for hydroxylation is 1. The first-order valence-electron chi connectivity index (χ1n) is 6.26. The number of amides is 1. The minimum absolute atomic E-state index is 0.139. The van der Waals surface area contributed by atoms with Gasteiger partial charge in [-0.15, -0.1) is 0 Å². The Balaban J connectivity index is 2.21. The normalized spacial score (nSPS) is 20.4. The molecule has 2 N–H and O–H groups in total. The SMILES string of the molecule is Cc1cc(C(=O)N2CCCC[C@@H]2C)ccc1N. The van der Waals surface area contributed by atoms with E-state index in [4.69, 9.17) is 5.73 Å². The van der Waals surface area contributed by atoms with E-state index in [2.05, 4.69) is 6.92 Å². The van der Waals surface area contributed by atoms with Crippen LogP contribution in [0.25, 0.3) is 0 Å². The molecule has 1 saturated heterocycles. The number of carbonyl (C=O) groups is 1. The van der Waals surface area contributed by atoms with Crippen LogP contribution in [0.4, 0.5) is 5.69 Å². The highest BCUT2D eigenvalue weighted by molar-refractivity contribution is 5.95. The van der Waals surface area contributed by atoms with Gasteiger partial charge in [0.25, 0.3) is 5.91 Å². The number of benzene rings is 1. The molecule has 0 unspecified atom stereocenters. The van der Waals surface area contributed by atoms with E-state index >= 15 is 0 Å². The van der Waals surface area contributed by atoms with Crippen LogP contribution in [0, 0.1) is 6.92 Å². The minimum atomic E-state index is 0.139. The number of nitrogens with two attached hydrogens (primary N) is 1.